The van der Waals surface area contributed by atoms with Crippen molar-refractivity contribution in [3.05, 3.63) is 56.5 Å². The summed E-state index contributed by atoms with van der Waals surface area (Å²) in [6.07, 6.45) is 0. The number of halogens is 2. The Morgan fingerprint density at radius 3 is 1.80 bits per heavy atom. The van der Waals surface area contributed by atoms with Crippen molar-refractivity contribution in [2.45, 2.75) is 0 Å². The Morgan fingerprint density at radius 2 is 1.35 bits per heavy atom. The normalized spacial score (nSPS) is 13.8. The maximum Gasteiger partial charge on any atom is 0.266 e. The fourth-order valence-corrected chi connectivity index (χ4v) is 3.27. The van der Waals surface area contributed by atoms with Crippen molar-refractivity contribution in [1.82, 2.24) is 0 Å². The van der Waals surface area contributed by atoms with E-state index in [-0.39, 0.29) is 17.6 Å². The first-order chi connectivity index (χ1) is 9.50. The molecule has 1 heterocycles. The SMILES string of the molecule is O=C1c2ccccc2C(=O)N1c1cc(Br)c(O)c(Br)c1. The molecule has 100 valence electrons. The summed E-state index contributed by atoms with van der Waals surface area (Å²) in [7, 11) is 0. The van der Waals surface area contributed by atoms with Crippen LogP contribution in [0.4, 0.5) is 5.69 Å². The highest BCUT2D eigenvalue weighted by atomic mass is 79.9. The number of carbonyl (C=O) groups is 2. The predicted molar refractivity (Wildman–Crippen MR) is 81.1 cm³/mol. The Bertz CT molecular complexity index is 700. The second kappa shape index (κ2) is 4.71. The second-order valence-corrected chi connectivity index (χ2v) is 5.96. The lowest BCUT2D eigenvalue weighted by Crippen LogP contribution is -2.29. The Labute approximate surface area is 131 Å². The van der Waals surface area contributed by atoms with E-state index in [9.17, 15) is 14.7 Å². The minimum atomic E-state index is -0.366. The first kappa shape index (κ1) is 13.3. The van der Waals surface area contributed by atoms with Crippen molar-refractivity contribution in [2.75, 3.05) is 4.90 Å². The highest BCUT2D eigenvalue weighted by Gasteiger charge is 2.36. The third-order valence-corrected chi connectivity index (χ3v) is 4.26. The molecule has 1 aliphatic rings. The summed E-state index contributed by atoms with van der Waals surface area (Å²) in [5, 5.41) is 9.70. The number of phenols is 1. The van der Waals surface area contributed by atoms with Gasteiger partial charge < -0.3 is 5.11 Å². The molecule has 0 saturated carbocycles. The van der Waals surface area contributed by atoms with Gasteiger partial charge in [0.1, 0.15) is 5.75 Å². The van der Waals surface area contributed by atoms with Crippen molar-refractivity contribution in [1.29, 1.82) is 0 Å². The molecule has 20 heavy (non-hydrogen) atoms. The highest BCUT2D eigenvalue weighted by molar-refractivity contribution is 9.11. The van der Waals surface area contributed by atoms with Crippen LogP contribution in [0, 0.1) is 0 Å². The molecule has 3 rings (SSSR count). The van der Waals surface area contributed by atoms with Gasteiger partial charge in [-0.2, -0.15) is 0 Å². The lowest BCUT2D eigenvalue weighted by atomic mass is 10.1. The number of carbonyl (C=O) groups excluding carboxylic acids is 2. The monoisotopic (exact) mass is 395 g/mol. The minimum absolute atomic E-state index is 0.0189. The fraction of sp³-hybridized carbons (Fsp3) is 0. The molecule has 2 amide bonds. The van der Waals surface area contributed by atoms with Crippen molar-refractivity contribution >= 4 is 49.4 Å². The van der Waals surface area contributed by atoms with Crippen molar-refractivity contribution < 1.29 is 14.7 Å². The van der Waals surface area contributed by atoms with Crippen LogP contribution in [0.15, 0.2) is 45.3 Å². The molecule has 0 fully saturated rings. The van der Waals surface area contributed by atoms with Crippen LogP contribution in [0.1, 0.15) is 20.7 Å². The second-order valence-electron chi connectivity index (χ2n) is 4.25. The van der Waals surface area contributed by atoms with Gasteiger partial charge in [0.05, 0.1) is 25.8 Å². The van der Waals surface area contributed by atoms with Crippen LogP contribution in [0.2, 0.25) is 0 Å². The van der Waals surface area contributed by atoms with Crippen LogP contribution in [0.3, 0.4) is 0 Å². The molecule has 0 spiro atoms. The number of phenolic OH excluding ortho intramolecular Hbond substituents is 1. The molecular formula is C14H7Br2NO3. The van der Waals surface area contributed by atoms with Gasteiger partial charge in [-0.05, 0) is 56.1 Å². The smallest absolute Gasteiger partial charge is 0.266 e. The molecule has 0 unspecified atom stereocenters. The molecule has 0 radical (unpaired) electrons. The van der Waals surface area contributed by atoms with E-state index in [1.165, 1.54) is 12.1 Å². The highest BCUT2D eigenvalue weighted by Crippen LogP contribution is 2.38. The van der Waals surface area contributed by atoms with Crippen LogP contribution in [0.25, 0.3) is 0 Å². The minimum Gasteiger partial charge on any atom is -0.506 e. The van der Waals surface area contributed by atoms with Gasteiger partial charge in [-0.1, -0.05) is 12.1 Å². The first-order valence-electron chi connectivity index (χ1n) is 5.66. The molecule has 4 nitrogen and oxygen atoms in total. The van der Waals surface area contributed by atoms with E-state index in [4.69, 9.17) is 0 Å². The fourth-order valence-electron chi connectivity index (χ4n) is 2.10. The summed E-state index contributed by atoms with van der Waals surface area (Å²) in [5.41, 5.74) is 1.17. The number of amides is 2. The van der Waals surface area contributed by atoms with Crippen LogP contribution in [-0.4, -0.2) is 16.9 Å². The van der Waals surface area contributed by atoms with Gasteiger partial charge in [0, 0.05) is 0 Å². The summed E-state index contributed by atoms with van der Waals surface area (Å²) in [4.78, 5) is 25.8. The maximum atomic E-state index is 12.3. The number of aromatic hydroxyl groups is 1. The van der Waals surface area contributed by atoms with Crippen LogP contribution >= 0.6 is 31.9 Å². The predicted octanol–water partition coefficient (Wildman–Crippen LogP) is 3.72. The van der Waals surface area contributed by atoms with Crippen LogP contribution in [-0.2, 0) is 0 Å². The number of anilines is 1. The van der Waals surface area contributed by atoms with E-state index >= 15 is 0 Å². The number of hydrogen-bond acceptors (Lipinski definition) is 3. The average molecular weight is 397 g/mol. The van der Waals surface area contributed by atoms with Gasteiger partial charge in [0.15, 0.2) is 0 Å². The average Bonchev–Trinajstić information content (AvgIpc) is 2.68. The van der Waals surface area contributed by atoms with Crippen molar-refractivity contribution in [3.8, 4) is 5.75 Å². The van der Waals surface area contributed by atoms with Gasteiger partial charge in [0.2, 0.25) is 0 Å². The topological polar surface area (TPSA) is 57.6 Å². The summed E-state index contributed by atoms with van der Waals surface area (Å²) in [5.74, 6) is -0.712. The van der Waals surface area contributed by atoms with Gasteiger partial charge in [-0.15, -0.1) is 0 Å². The molecule has 1 N–H and O–H groups in total. The zero-order chi connectivity index (χ0) is 14.4. The van der Waals surface area contributed by atoms with E-state index in [1.807, 2.05) is 0 Å². The maximum absolute atomic E-state index is 12.3. The lowest BCUT2D eigenvalue weighted by molar-refractivity contribution is 0.0926. The number of benzene rings is 2. The Hall–Kier alpha value is -1.66. The Balaban J connectivity index is 2.14. The van der Waals surface area contributed by atoms with Gasteiger partial charge in [0.25, 0.3) is 11.8 Å². The third-order valence-electron chi connectivity index (χ3n) is 3.05. The van der Waals surface area contributed by atoms with Crippen molar-refractivity contribution in [2.24, 2.45) is 0 Å². The molecule has 0 aliphatic carbocycles. The van der Waals surface area contributed by atoms with Gasteiger partial charge >= 0.3 is 0 Å². The lowest BCUT2D eigenvalue weighted by Gasteiger charge is -2.15. The molecule has 0 aromatic heterocycles. The largest absolute Gasteiger partial charge is 0.506 e. The summed E-state index contributed by atoms with van der Waals surface area (Å²) in [6, 6.07) is 9.75. The number of fused-ring (bicyclic) bond motifs is 1. The molecule has 2 aromatic carbocycles. The third kappa shape index (κ3) is 1.87. The number of imide groups is 1. The molecule has 1 aliphatic heterocycles. The first-order valence-corrected chi connectivity index (χ1v) is 7.25. The van der Waals surface area contributed by atoms with E-state index < -0.39 is 0 Å². The molecular weight excluding hydrogens is 390 g/mol. The quantitative estimate of drug-likeness (QED) is 0.747. The van der Waals surface area contributed by atoms with Crippen LogP contribution < -0.4 is 4.90 Å². The molecule has 0 atom stereocenters. The zero-order valence-electron chi connectivity index (χ0n) is 9.93. The van der Waals surface area contributed by atoms with E-state index in [0.717, 1.165) is 4.90 Å². The van der Waals surface area contributed by atoms with E-state index in [2.05, 4.69) is 31.9 Å². The number of hydrogen-bond donors (Lipinski definition) is 1. The standard InChI is InChI=1S/C14H7Br2NO3/c15-10-5-7(6-11(16)12(10)18)17-13(19)8-3-1-2-4-9(8)14(17)20/h1-6,18H. The number of nitrogens with zero attached hydrogens (tertiary/aromatic N) is 1. The van der Waals surface area contributed by atoms with Gasteiger partial charge in [-0.25, -0.2) is 4.90 Å². The van der Waals surface area contributed by atoms with Gasteiger partial charge in [-0.3, -0.25) is 9.59 Å². The Kier molecular flexibility index (Phi) is 3.14. The Morgan fingerprint density at radius 1 is 0.900 bits per heavy atom. The van der Waals surface area contributed by atoms with E-state index in [1.54, 1.807) is 24.3 Å². The summed E-state index contributed by atoms with van der Waals surface area (Å²) in [6.45, 7) is 0. The molecule has 2 aromatic rings. The van der Waals surface area contributed by atoms with E-state index in [0.29, 0.717) is 25.8 Å². The molecule has 0 bridgehead atoms. The van der Waals surface area contributed by atoms with Crippen molar-refractivity contribution in [3.63, 3.8) is 0 Å². The molecule has 0 saturated heterocycles. The van der Waals surface area contributed by atoms with Crippen LogP contribution in [0.5, 0.6) is 5.75 Å². The number of rotatable bonds is 1. The summed E-state index contributed by atoms with van der Waals surface area (Å²) < 4.78 is 0.803. The summed E-state index contributed by atoms with van der Waals surface area (Å²) >= 11 is 6.38. The molecule has 6 heteroatoms. The zero-order valence-corrected chi connectivity index (χ0v) is 13.1.